The van der Waals surface area contributed by atoms with Gasteiger partial charge in [-0.25, -0.2) is 0 Å². The molecule has 8 heteroatoms. The SMILES string of the molecule is Cc1cc(NC(=S)NC(C)c2ccccc2)nn1Cc1cccc(C(F)(F)F)c1. The number of anilines is 1. The third-order valence-electron chi connectivity index (χ3n) is 4.46. The number of aryl methyl sites for hydroxylation is 1. The Morgan fingerprint density at radius 2 is 1.83 bits per heavy atom. The van der Waals surface area contributed by atoms with E-state index in [0.717, 1.165) is 23.4 Å². The fourth-order valence-corrected chi connectivity index (χ4v) is 3.21. The average molecular weight is 418 g/mol. The lowest BCUT2D eigenvalue weighted by molar-refractivity contribution is -0.137. The second kappa shape index (κ2) is 8.65. The highest BCUT2D eigenvalue weighted by Crippen LogP contribution is 2.29. The average Bonchev–Trinajstić information content (AvgIpc) is 3.00. The lowest BCUT2D eigenvalue weighted by Gasteiger charge is -2.16. The molecular formula is C21H21F3N4S. The predicted octanol–water partition coefficient (Wildman–Crippen LogP) is 5.31. The number of thiocarbonyl (C=S) groups is 1. The molecular weight excluding hydrogens is 397 g/mol. The molecule has 2 N–H and O–H groups in total. The molecule has 1 aromatic heterocycles. The summed E-state index contributed by atoms with van der Waals surface area (Å²) in [5.74, 6) is 0.534. The van der Waals surface area contributed by atoms with Crippen molar-refractivity contribution in [3.63, 3.8) is 0 Å². The van der Waals surface area contributed by atoms with Gasteiger partial charge in [-0.15, -0.1) is 0 Å². The second-order valence-electron chi connectivity index (χ2n) is 6.76. The Morgan fingerprint density at radius 1 is 1.10 bits per heavy atom. The molecule has 0 fully saturated rings. The Bertz CT molecular complexity index is 983. The van der Waals surface area contributed by atoms with E-state index in [1.165, 1.54) is 6.07 Å². The summed E-state index contributed by atoms with van der Waals surface area (Å²) < 4.78 is 40.4. The van der Waals surface area contributed by atoms with Crippen LogP contribution in [0.25, 0.3) is 0 Å². The molecule has 0 saturated carbocycles. The minimum atomic E-state index is -4.37. The van der Waals surface area contributed by atoms with Crippen LogP contribution in [0.5, 0.6) is 0 Å². The van der Waals surface area contributed by atoms with Gasteiger partial charge in [0.1, 0.15) is 0 Å². The molecule has 3 rings (SSSR count). The number of benzene rings is 2. The summed E-state index contributed by atoms with van der Waals surface area (Å²) in [6.07, 6.45) is -4.37. The highest BCUT2D eigenvalue weighted by Gasteiger charge is 2.30. The smallest absolute Gasteiger partial charge is 0.356 e. The normalized spacial score (nSPS) is 12.4. The second-order valence-corrected chi connectivity index (χ2v) is 7.17. The van der Waals surface area contributed by atoms with Crippen LogP contribution in [0.1, 0.15) is 35.3 Å². The molecule has 3 aromatic rings. The highest BCUT2D eigenvalue weighted by atomic mass is 32.1. The Hall–Kier alpha value is -2.87. The predicted molar refractivity (Wildman–Crippen MR) is 112 cm³/mol. The van der Waals surface area contributed by atoms with Crippen molar-refractivity contribution in [3.8, 4) is 0 Å². The maximum absolute atomic E-state index is 12.9. The minimum Gasteiger partial charge on any atom is -0.356 e. The van der Waals surface area contributed by atoms with Gasteiger partial charge >= 0.3 is 6.18 Å². The van der Waals surface area contributed by atoms with Crippen molar-refractivity contribution in [1.82, 2.24) is 15.1 Å². The molecule has 0 aliphatic carbocycles. The van der Waals surface area contributed by atoms with E-state index in [1.54, 1.807) is 16.8 Å². The van der Waals surface area contributed by atoms with E-state index in [-0.39, 0.29) is 12.6 Å². The highest BCUT2D eigenvalue weighted by molar-refractivity contribution is 7.80. The summed E-state index contributed by atoms with van der Waals surface area (Å²) in [6.45, 7) is 4.08. The number of alkyl halides is 3. The number of nitrogens with one attached hydrogen (secondary N) is 2. The maximum atomic E-state index is 12.9. The van der Waals surface area contributed by atoms with E-state index >= 15 is 0 Å². The Kier molecular flexibility index (Phi) is 6.22. The number of aromatic nitrogens is 2. The van der Waals surface area contributed by atoms with Gasteiger partial charge in [0, 0.05) is 11.8 Å². The van der Waals surface area contributed by atoms with Gasteiger partial charge in [0.15, 0.2) is 10.9 Å². The molecule has 0 radical (unpaired) electrons. The Balaban J connectivity index is 1.65. The first-order chi connectivity index (χ1) is 13.7. The molecule has 152 valence electrons. The summed E-state index contributed by atoms with van der Waals surface area (Å²) in [6, 6.07) is 17.0. The molecule has 0 spiro atoms. The molecule has 2 aromatic carbocycles. The Labute approximate surface area is 172 Å². The zero-order chi connectivity index (χ0) is 21.0. The van der Waals surface area contributed by atoms with Gasteiger partial charge in [-0.3, -0.25) is 4.68 Å². The summed E-state index contributed by atoms with van der Waals surface area (Å²) in [5.41, 5.74) is 1.76. The van der Waals surface area contributed by atoms with Crippen LogP contribution in [0.3, 0.4) is 0 Å². The molecule has 1 unspecified atom stereocenters. The largest absolute Gasteiger partial charge is 0.416 e. The van der Waals surface area contributed by atoms with Crippen LogP contribution in [-0.4, -0.2) is 14.9 Å². The first kappa shape index (κ1) is 20.9. The number of hydrogen-bond acceptors (Lipinski definition) is 2. The van der Waals surface area contributed by atoms with Crippen LogP contribution < -0.4 is 10.6 Å². The molecule has 0 bridgehead atoms. The number of rotatable bonds is 5. The molecule has 0 saturated heterocycles. The summed E-state index contributed by atoms with van der Waals surface area (Å²) in [4.78, 5) is 0. The quantitative estimate of drug-likeness (QED) is 0.552. The molecule has 4 nitrogen and oxygen atoms in total. The van der Waals surface area contributed by atoms with Crippen LogP contribution in [-0.2, 0) is 12.7 Å². The van der Waals surface area contributed by atoms with E-state index < -0.39 is 11.7 Å². The van der Waals surface area contributed by atoms with Gasteiger partial charge in [-0.1, -0.05) is 42.5 Å². The minimum absolute atomic E-state index is 0.0180. The van der Waals surface area contributed by atoms with E-state index in [1.807, 2.05) is 44.2 Å². The molecule has 1 atom stereocenters. The van der Waals surface area contributed by atoms with Crippen LogP contribution in [0.4, 0.5) is 19.0 Å². The standard InChI is InChI=1S/C21H21F3N4S/c1-14-11-19(26-20(29)25-15(2)17-8-4-3-5-9-17)27-28(14)13-16-7-6-10-18(12-16)21(22,23)24/h3-12,15H,13H2,1-2H3,(H2,25,26,27,29). The first-order valence-corrected chi connectivity index (χ1v) is 9.46. The molecule has 0 amide bonds. The van der Waals surface area contributed by atoms with Gasteiger partial charge in [-0.05, 0) is 49.3 Å². The van der Waals surface area contributed by atoms with Crippen molar-refractivity contribution in [3.05, 3.63) is 83.0 Å². The van der Waals surface area contributed by atoms with E-state index in [2.05, 4.69) is 15.7 Å². The van der Waals surface area contributed by atoms with Crippen LogP contribution >= 0.6 is 12.2 Å². The van der Waals surface area contributed by atoms with Crippen molar-refractivity contribution in [2.24, 2.45) is 0 Å². The van der Waals surface area contributed by atoms with Gasteiger partial charge in [0.05, 0.1) is 18.2 Å². The van der Waals surface area contributed by atoms with Gasteiger partial charge in [-0.2, -0.15) is 18.3 Å². The zero-order valence-electron chi connectivity index (χ0n) is 16.0. The fraction of sp³-hybridized carbons (Fsp3) is 0.238. The van der Waals surface area contributed by atoms with Crippen molar-refractivity contribution in [2.45, 2.75) is 32.6 Å². The van der Waals surface area contributed by atoms with E-state index in [4.69, 9.17) is 12.2 Å². The van der Waals surface area contributed by atoms with E-state index in [9.17, 15) is 13.2 Å². The first-order valence-electron chi connectivity index (χ1n) is 9.05. The van der Waals surface area contributed by atoms with Gasteiger partial charge in [0.25, 0.3) is 0 Å². The van der Waals surface area contributed by atoms with Crippen molar-refractivity contribution in [2.75, 3.05) is 5.32 Å². The van der Waals surface area contributed by atoms with Gasteiger partial charge in [0.2, 0.25) is 0 Å². The summed E-state index contributed by atoms with van der Waals surface area (Å²) in [5, 5.41) is 11.1. The third kappa shape index (κ3) is 5.57. The molecule has 29 heavy (non-hydrogen) atoms. The van der Waals surface area contributed by atoms with Crippen LogP contribution in [0.15, 0.2) is 60.7 Å². The summed E-state index contributed by atoms with van der Waals surface area (Å²) in [7, 11) is 0. The molecule has 1 heterocycles. The lowest BCUT2D eigenvalue weighted by Crippen LogP contribution is -2.31. The lowest BCUT2D eigenvalue weighted by atomic mass is 10.1. The molecule has 0 aliphatic heterocycles. The fourth-order valence-electron chi connectivity index (χ4n) is 2.92. The summed E-state index contributed by atoms with van der Waals surface area (Å²) >= 11 is 5.36. The van der Waals surface area contributed by atoms with Gasteiger partial charge < -0.3 is 10.6 Å². The molecule has 0 aliphatic rings. The van der Waals surface area contributed by atoms with Crippen molar-refractivity contribution >= 4 is 23.1 Å². The van der Waals surface area contributed by atoms with Crippen LogP contribution in [0, 0.1) is 6.92 Å². The van der Waals surface area contributed by atoms with E-state index in [0.29, 0.717) is 16.5 Å². The number of hydrogen-bond donors (Lipinski definition) is 2. The Morgan fingerprint density at radius 3 is 2.52 bits per heavy atom. The monoisotopic (exact) mass is 418 g/mol. The van der Waals surface area contributed by atoms with Crippen molar-refractivity contribution < 1.29 is 13.2 Å². The number of halogens is 3. The number of nitrogens with zero attached hydrogens (tertiary/aromatic N) is 2. The topological polar surface area (TPSA) is 41.9 Å². The zero-order valence-corrected chi connectivity index (χ0v) is 16.8. The van der Waals surface area contributed by atoms with Crippen molar-refractivity contribution in [1.29, 1.82) is 0 Å². The third-order valence-corrected chi connectivity index (χ3v) is 4.68. The maximum Gasteiger partial charge on any atom is 0.416 e. The van der Waals surface area contributed by atoms with Crippen LogP contribution in [0.2, 0.25) is 0 Å².